The molecule has 1 unspecified atom stereocenters. The summed E-state index contributed by atoms with van der Waals surface area (Å²) in [6, 6.07) is 18.5. The van der Waals surface area contributed by atoms with Crippen molar-refractivity contribution >= 4 is 5.91 Å². The van der Waals surface area contributed by atoms with Crippen LogP contribution in [0.1, 0.15) is 5.56 Å². The summed E-state index contributed by atoms with van der Waals surface area (Å²) in [7, 11) is 1.82. The molecule has 1 amide bonds. The lowest BCUT2D eigenvalue weighted by molar-refractivity contribution is -0.131. The number of hydrogen-bond acceptors (Lipinski definition) is 2. The van der Waals surface area contributed by atoms with Crippen molar-refractivity contribution in [2.24, 2.45) is 0 Å². The lowest BCUT2D eigenvalue weighted by Gasteiger charge is -2.16. The summed E-state index contributed by atoms with van der Waals surface area (Å²) in [5, 5.41) is 0. The molecule has 1 atom stereocenters. The number of benzene rings is 2. The fraction of sp³-hybridized carbons (Fsp3) is 0.235. The topological polar surface area (TPSA) is 32.8 Å². The summed E-state index contributed by atoms with van der Waals surface area (Å²) in [5.41, 5.74) is 3.49. The molecule has 20 heavy (non-hydrogen) atoms. The number of hydrogen-bond donors (Lipinski definition) is 0. The van der Waals surface area contributed by atoms with E-state index in [1.165, 1.54) is 11.1 Å². The van der Waals surface area contributed by atoms with Crippen LogP contribution in [0.2, 0.25) is 0 Å². The Kier molecular flexibility index (Phi) is 3.52. The first-order valence-corrected chi connectivity index (χ1v) is 6.75. The number of likely N-dealkylation sites (N-methyl/N-ethyl adjacent to an activating group) is 1. The van der Waals surface area contributed by atoms with Gasteiger partial charge in [0, 0.05) is 13.6 Å². The van der Waals surface area contributed by atoms with Crippen LogP contribution < -0.4 is 0 Å². The number of rotatable bonds is 4. The van der Waals surface area contributed by atoms with Gasteiger partial charge in [0.15, 0.2) is 6.10 Å². The van der Waals surface area contributed by atoms with E-state index in [-0.39, 0.29) is 12.0 Å². The number of nitrogens with zero attached hydrogens (tertiary/aromatic N) is 1. The Balaban J connectivity index is 1.76. The Hall–Kier alpha value is -2.13. The molecule has 1 fully saturated rings. The molecule has 2 aromatic carbocycles. The smallest absolute Gasteiger partial charge is 0.254 e. The summed E-state index contributed by atoms with van der Waals surface area (Å²) in [5.74, 6) is 0.0649. The van der Waals surface area contributed by atoms with Gasteiger partial charge in [-0.2, -0.15) is 0 Å². The number of epoxide rings is 1. The summed E-state index contributed by atoms with van der Waals surface area (Å²) in [6.07, 6.45) is -0.211. The Bertz CT molecular complexity index is 605. The highest BCUT2D eigenvalue weighted by molar-refractivity contribution is 5.82. The van der Waals surface area contributed by atoms with Crippen LogP contribution in [-0.4, -0.2) is 30.6 Å². The van der Waals surface area contributed by atoms with Gasteiger partial charge in [0.1, 0.15) is 0 Å². The van der Waals surface area contributed by atoms with Gasteiger partial charge in [0.25, 0.3) is 5.91 Å². The van der Waals surface area contributed by atoms with Gasteiger partial charge in [0.2, 0.25) is 0 Å². The zero-order chi connectivity index (χ0) is 13.9. The molecule has 0 saturated carbocycles. The summed E-state index contributed by atoms with van der Waals surface area (Å²) < 4.78 is 5.03. The van der Waals surface area contributed by atoms with Crippen LogP contribution in [0.15, 0.2) is 54.6 Å². The highest BCUT2D eigenvalue weighted by Crippen LogP contribution is 2.21. The van der Waals surface area contributed by atoms with Crippen LogP contribution >= 0.6 is 0 Å². The van der Waals surface area contributed by atoms with Crippen LogP contribution in [0.25, 0.3) is 11.1 Å². The monoisotopic (exact) mass is 267 g/mol. The van der Waals surface area contributed by atoms with E-state index in [4.69, 9.17) is 4.74 Å². The molecule has 0 bridgehead atoms. The van der Waals surface area contributed by atoms with Gasteiger partial charge in [-0.05, 0) is 22.8 Å². The largest absolute Gasteiger partial charge is 0.363 e. The average molecular weight is 267 g/mol. The molecule has 0 spiro atoms. The molecule has 0 aromatic heterocycles. The van der Waals surface area contributed by atoms with Crippen LogP contribution in [0.4, 0.5) is 0 Å². The molecule has 1 heterocycles. The molecular formula is C17H17NO2. The van der Waals surface area contributed by atoms with Gasteiger partial charge < -0.3 is 9.64 Å². The van der Waals surface area contributed by atoms with Crippen LogP contribution in [-0.2, 0) is 16.1 Å². The zero-order valence-electron chi connectivity index (χ0n) is 11.5. The van der Waals surface area contributed by atoms with Crippen LogP contribution in [0.5, 0.6) is 0 Å². The molecule has 3 nitrogen and oxygen atoms in total. The average Bonchev–Trinajstić information content (AvgIpc) is 3.32. The number of ether oxygens (including phenoxy) is 1. The van der Waals surface area contributed by atoms with E-state index in [1.807, 2.05) is 37.4 Å². The van der Waals surface area contributed by atoms with Crippen LogP contribution in [0, 0.1) is 0 Å². The number of carbonyl (C=O) groups is 1. The molecule has 3 heteroatoms. The van der Waals surface area contributed by atoms with Gasteiger partial charge >= 0.3 is 0 Å². The first kappa shape index (κ1) is 12.9. The minimum atomic E-state index is -0.211. The predicted octanol–water partition coefficient (Wildman–Crippen LogP) is 2.71. The SMILES string of the molecule is CN(Cc1cccc(-c2ccccc2)c1)C(=O)C1CO1. The van der Waals surface area contributed by atoms with Gasteiger partial charge in [-0.1, -0.05) is 48.5 Å². The maximum absolute atomic E-state index is 11.9. The van der Waals surface area contributed by atoms with Crippen molar-refractivity contribution in [2.45, 2.75) is 12.6 Å². The maximum atomic E-state index is 11.9. The standard InChI is InChI=1S/C17H17NO2/c1-18(17(19)16-12-20-16)11-13-6-5-9-15(10-13)14-7-3-2-4-8-14/h2-10,16H,11-12H2,1H3. The van der Waals surface area contributed by atoms with Gasteiger partial charge in [0.05, 0.1) is 6.61 Å². The fourth-order valence-corrected chi connectivity index (χ4v) is 2.27. The lowest BCUT2D eigenvalue weighted by Crippen LogP contribution is -2.30. The zero-order valence-corrected chi connectivity index (χ0v) is 11.5. The van der Waals surface area contributed by atoms with Crippen molar-refractivity contribution in [2.75, 3.05) is 13.7 Å². The van der Waals surface area contributed by atoms with E-state index < -0.39 is 0 Å². The molecule has 0 radical (unpaired) electrons. The summed E-state index contributed by atoms with van der Waals surface area (Å²) in [6.45, 7) is 1.17. The maximum Gasteiger partial charge on any atom is 0.254 e. The van der Waals surface area contributed by atoms with Crippen molar-refractivity contribution in [3.63, 3.8) is 0 Å². The first-order valence-electron chi connectivity index (χ1n) is 6.75. The van der Waals surface area contributed by atoms with E-state index in [1.54, 1.807) is 4.90 Å². The van der Waals surface area contributed by atoms with Crippen LogP contribution in [0.3, 0.4) is 0 Å². The molecule has 0 N–H and O–H groups in total. The molecule has 1 saturated heterocycles. The molecule has 102 valence electrons. The lowest BCUT2D eigenvalue weighted by atomic mass is 10.0. The van der Waals surface area contributed by atoms with Gasteiger partial charge in [-0.25, -0.2) is 0 Å². The van der Waals surface area contributed by atoms with E-state index in [0.717, 1.165) is 5.56 Å². The van der Waals surface area contributed by atoms with Crippen molar-refractivity contribution in [1.82, 2.24) is 4.90 Å². The highest BCUT2D eigenvalue weighted by atomic mass is 16.6. The van der Waals surface area contributed by atoms with E-state index in [2.05, 4.69) is 24.3 Å². The van der Waals surface area contributed by atoms with Crippen molar-refractivity contribution in [1.29, 1.82) is 0 Å². The van der Waals surface area contributed by atoms with Crippen molar-refractivity contribution in [3.05, 3.63) is 60.2 Å². The van der Waals surface area contributed by atoms with E-state index >= 15 is 0 Å². The second-order valence-corrected chi connectivity index (χ2v) is 5.08. The number of amides is 1. The van der Waals surface area contributed by atoms with Gasteiger partial charge in [-0.15, -0.1) is 0 Å². The highest BCUT2D eigenvalue weighted by Gasteiger charge is 2.33. The minimum Gasteiger partial charge on any atom is -0.363 e. The first-order chi connectivity index (χ1) is 9.74. The van der Waals surface area contributed by atoms with Crippen molar-refractivity contribution < 1.29 is 9.53 Å². The third-order valence-corrected chi connectivity index (χ3v) is 3.44. The molecule has 1 aliphatic rings. The fourth-order valence-electron chi connectivity index (χ4n) is 2.27. The number of carbonyl (C=O) groups excluding carboxylic acids is 1. The Morgan fingerprint density at radius 1 is 1.15 bits per heavy atom. The van der Waals surface area contributed by atoms with E-state index in [0.29, 0.717) is 13.2 Å². The van der Waals surface area contributed by atoms with E-state index in [9.17, 15) is 4.79 Å². The summed E-state index contributed by atoms with van der Waals surface area (Å²) >= 11 is 0. The third-order valence-electron chi connectivity index (χ3n) is 3.44. The molecule has 2 aromatic rings. The molecule has 1 aliphatic heterocycles. The summed E-state index contributed by atoms with van der Waals surface area (Å²) in [4.78, 5) is 13.6. The Morgan fingerprint density at radius 2 is 1.85 bits per heavy atom. The molecular weight excluding hydrogens is 250 g/mol. The minimum absolute atomic E-state index is 0.0649. The molecule has 3 rings (SSSR count). The Morgan fingerprint density at radius 3 is 2.55 bits per heavy atom. The second kappa shape index (κ2) is 5.47. The quantitative estimate of drug-likeness (QED) is 0.798. The van der Waals surface area contributed by atoms with Crippen molar-refractivity contribution in [3.8, 4) is 11.1 Å². The predicted molar refractivity (Wildman–Crippen MR) is 78.1 cm³/mol. The van der Waals surface area contributed by atoms with Gasteiger partial charge in [-0.3, -0.25) is 4.79 Å². The Labute approximate surface area is 118 Å². The second-order valence-electron chi connectivity index (χ2n) is 5.08. The third kappa shape index (κ3) is 2.89. The normalized spacial score (nSPS) is 16.8. The molecule has 0 aliphatic carbocycles.